The molecule has 1 aliphatic rings. The lowest BCUT2D eigenvalue weighted by Gasteiger charge is -2.30. The van der Waals surface area contributed by atoms with E-state index in [2.05, 4.69) is 106 Å². The maximum atomic E-state index is 6.69. The van der Waals surface area contributed by atoms with Crippen LogP contribution in [0.15, 0.2) is 84.9 Å². The average Bonchev–Trinajstić information content (AvgIpc) is 2.81. The van der Waals surface area contributed by atoms with Gasteiger partial charge in [0.25, 0.3) is 6.71 Å². The standard InChI is InChI=1S/C31H23BO/c1-18-15-19(2)30(20(3)16-18)32-25-9-4-5-10-27(25)33-31-24-14-13-22-8-6-7-21-11-12-23(17-26(31)32)29(24)28(21)22/h4-17H,1-3H3. The summed E-state index contributed by atoms with van der Waals surface area (Å²) >= 11 is 0. The van der Waals surface area contributed by atoms with Crippen molar-refractivity contribution in [1.82, 2.24) is 0 Å². The number of ether oxygens (including phenoxy) is 1. The maximum absolute atomic E-state index is 6.69. The highest BCUT2D eigenvalue weighted by Gasteiger charge is 2.35. The quantitative estimate of drug-likeness (QED) is 0.228. The van der Waals surface area contributed by atoms with Crippen molar-refractivity contribution in [3.63, 3.8) is 0 Å². The van der Waals surface area contributed by atoms with Crippen molar-refractivity contribution in [3.05, 3.63) is 102 Å². The molecule has 7 rings (SSSR count). The van der Waals surface area contributed by atoms with Crippen LogP contribution in [0.2, 0.25) is 0 Å². The molecule has 156 valence electrons. The van der Waals surface area contributed by atoms with Crippen molar-refractivity contribution in [2.75, 3.05) is 0 Å². The molecule has 0 atom stereocenters. The zero-order valence-electron chi connectivity index (χ0n) is 19.1. The fraction of sp³-hybridized carbons (Fsp3) is 0.0968. The van der Waals surface area contributed by atoms with Gasteiger partial charge in [0.2, 0.25) is 0 Å². The Morgan fingerprint density at radius 2 is 1.30 bits per heavy atom. The molecule has 0 radical (unpaired) electrons. The summed E-state index contributed by atoms with van der Waals surface area (Å²) in [4.78, 5) is 0. The summed E-state index contributed by atoms with van der Waals surface area (Å²) in [5.74, 6) is 1.97. The predicted octanol–water partition coefficient (Wildman–Crippen LogP) is 6.13. The van der Waals surface area contributed by atoms with Gasteiger partial charge in [0.15, 0.2) is 0 Å². The molecule has 0 bridgehead atoms. The normalized spacial score (nSPS) is 12.9. The van der Waals surface area contributed by atoms with Crippen LogP contribution in [0.4, 0.5) is 0 Å². The Morgan fingerprint density at radius 1 is 0.606 bits per heavy atom. The van der Waals surface area contributed by atoms with E-state index < -0.39 is 0 Å². The molecule has 0 unspecified atom stereocenters. The highest BCUT2D eigenvalue weighted by Crippen LogP contribution is 2.40. The molecule has 0 saturated carbocycles. The summed E-state index contributed by atoms with van der Waals surface area (Å²) in [5.41, 5.74) is 7.88. The molecule has 0 aromatic heterocycles. The third-order valence-corrected chi connectivity index (χ3v) is 7.41. The van der Waals surface area contributed by atoms with Crippen LogP contribution < -0.4 is 21.1 Å². The van der Waals surface area contributed by atoms with Crippen molar-refractivity contribution in [3.8, 4) is 11.5 Å². The van der Waals surface area contributed by atoms with E-state index in [0.29, 0.717) is 0 Å². The largest absolute Gasteiger partial charge is 0.458 e. The summed E-state index contributed by atoms with van der Waals surface area (Å²) in [6, 6.07) is 31.1. The summed E-state index contributed by atoms with van der Waals surface area (Å²) in [5, 5.41) is 7.68. The monoisotopic (exact) mass is 422 g/mol. The van der Waals surface area contributed by atoms with Crippen LogP contribution in [0.25, 0.3) is 32.3 Å². The van der Waals surface area contributed by atoms with Crippen LogP contribution in [0.1, 0.15) is 16.7 Å². The van der Waals surface area contributed by atoms with Crippen LogP contribution in [0.5, 0.6) is 11.5 Å². The lowest BCUT2D eigenvalue weighted by molar-refractivity contribution is 0.493. The Balaban J connectivity index is 1.63. The van der Waals surface area contributed by atoms with Gasteiger partial charge in [-0.25, -0.2) is 0 Å². The van der Waals surface area contributed by atoms with Crippen molar-refractivity contribution in [2.24, 2.45) is 0 Å². The second kappa shape index (κ2) is 6.62. The second-order valence-electron chi connectivity index (χ2n) is 9.54. The number of para-hydroxylation sites is 1. The Morgan fingerprint density at radius 3 is 2.09 bits per heavy atom. The minimum atomic E-state index is 0.146. The number of hydrogen-bond acceptors (Lipinski definition) is 1. The molecule has 0 saturated heterocycles. The number of rotatable bonds is 1. The van der Waals surface area contributed by atoms with Crippen LogP contribution in [-0.2, 0) is 0 Å². The summed E-state index contributed by atoms with van der Waals surface area (Å²) in [6.45, 7) is 6.82. The summed E-state index contributed by atoms with van der Waals surface area (Å²) in [7, 11) is 0. The van der Waals surface area contributed by atoms with Crippen LogP contribution >= 0.6 is 0 Å². The van der Waals surface area contributed by atoms with Crippen LogP contribution in [-0.4, -0.2) is 6.71 Å². The minimum Gasteiger partial charge on any atom is -0.458 e. The van der Waals surface area contributed by atoms with Gasteiger partial charge in [0.1, 0.15) is 11.5 Å². The first-order valence-electron chi connectivity index (χ1n) is 11.6. The van der Waals surface area contributed by atoms with E-state index in [4.69, 9.17) is 4.74 Å². The van der Waals surface area contributed by atoms with Gasteiger partial charge < -0.3 is 4.74 Å². The molecule has 1 heterocycles. The maximum Gasteiger partial charge on any atom is 0.251 e. The molecule has 0 fully saturated rings. The van der Waals surface area contributed by atoms with Crippen molar-refractivity contribution >= 4 is 55.4 Å². The summed E-state index contributed by atoms with van der Waals surface area (Å²) < 4.78 is 6.69. The van der Waals surface area contributed by atoms with E-state index in [0.717, 1.165) is 11.5 Å². The number of aryl methyl sites for hydroxylation is 3. The van der Waals surface area contributed by atoms with Crippen LogP contribution in [0, 0.1) is 20.8 Å². The third kappa shape index (κ3) is 2.55. The summed E-state index contributed by atoms with van der Waals surface area (Å²) in [6.07, 6.45) is 0. The molecule has 1 nitrogen and oxygen atoms in total. The molecule has 0 N–H and O–H groups in total. The molecule has 0 aliphatic carbocycles. The topological polar surface area (TPSA) is 9.23 Å². The average molecular weight is 422 g/mol. The van der Waals surface area contributed by atoms with Crippen molar-refractivity contribution < 1.29 is 4.74 Å². The van der Waals surface area contributed by atoms with Gasteiger partial charge in [-0.15, -0.1) is 0 Å². The van der Waals surface area contributed by atoms with E-state index in [9.17, 15) is 0 Å². The first-order chi connectivity index (χ1) is 16.1. The van der Waals surface area contributed by atoms with Gasteiger partial charge in [-0.2, -0.15) is 0 Å². The molecule has 1 aliphatic heterocycles. The van der Waals surface area contributed by atoms with E-state index >= 15 is 0 Å². The third-order valence-electron chi connectivity index (χ3n) is 7.41. The van der Waals surface area contributed by atoms with Gasteiger partial charge >= 0.3 is 0 Å². The highest BCUT2D eigenvalue weighted by molar-refractivity contribution is 6.97. The number of benzene rings is 6. The van der Waals surface area contributed by atoms with E-state index in [1.165, 1.54) is 65.4 Å². The van der Waals surface area contributed by atoms with Gasteiger partial charge in [-0.05, 0) is 65.4 Å². The van der Waals surface area contributed by atoms with Crippen LogP contribution in [0.3, 0.4) is 0 Å². The van der Waals surface area contributed by atoms with Gasteiger partial charge in [-0.1, -0.05) is 94.9 Å². The Bertz CT molecular complexity index is 1690. The number of fused-ring (bicyclic) bond motifs is 3. The zero-order valence-corrected chi connectivity index (χ0v) is 19.1. The highest BCUT2D eigenvalue weighted by atomic mass is 16.5. The van der Waals surface area contributed by atoms with E-state index in [1.54, 1.807) is 0 Å². The van der Waals surface area contributed by atoms with Crippen molar-refractivity contribution in [2.45, 2.75) is 20.8 Å². The lowest BCUT2D eigenvalue weighted by Crippen LogP contribution is -2.56. The minimum absolute atomic E-state index is 0.146. The first-order valence-corrected chi connectivity index (χ1v) is 11.6. The predicted molar refractivity (Wildman–Crippen MR) is 142 cm³/mol. The van der Waals surface area contributed by atoms with E-state index in [1.807, 2.05) is 0 Å². The molecule has 0 spiro atoms. The Kier molecular flexibility index (Phi) is 3.76. The van der Waals surface area contributed by atoms with Crippen molar-refractivity contribution in [1.29, 1.82) is 0 Å². The van der Waals surface area contributed by atoms with Gasteiger partial charge in [0.05, 0.1) is 0 Å². The zero-order chi connectivity index (χ0) is 22.3. The smallest absolute Gasteiger partial charge is 0.251 e. The van der Waals surface area contributed by atoms with E-state index in [-0.39, 0.29) is 6.71 Å². The molecule has 0 amide bonds. The van der Waals surface area contributed by atoms with Gasteiger partial charge in [0, 0.05) is 10.8 Å². The van der Waals surface area contributed by atoms with Gasteiger partial charge in [-0.3, -0.25) is 0 Å². The molecule has 6 aromatic rings. The molecule has 33 heavy (non-hydrogen) atoms. The molecule has 2 heteroatoms. The lowest BCUT2D eigenvalue weighted by atomic mass is 9.34. The number of hydrogen-bond donors (Lipinski definition) is 0. The SMILES string of the molecule is Cc1cc(C)c(B2c3ccccc3Oc3c2cc2ccc4cccc5ccc3c2c45)c(C)c1. The Hall–Kier alpha value is -3.78. The molecule has 6 aromatic carbocycles. The fourth-order valence-corrected chi connectivity index (χ4v) is 6.18. The molecular formula is C31H23BO. The first kappa shape index (κ1) is 18.8. The Labute approximate surface area is 194 Å². The second-order valence-corrected chi connectivity index (χ2v) is 9.54. The fourth-order valence-electron chi connectivity index (χ4n) is 6.18. The molecular weight excluding hydrogens is 399 g/mol.